The van der Waals surface area contributed by atoms with Crippen molar-refractivity contribution in [3.05, 3.63) is 60.9 Å². The van der Waals surface area contributed by atoms with Crippen LogP contribution in [0.25, 0.3) is 22.4 Å². The van der Waals surface area contributed by atoms with E-state index in [0.717, 1.165) is 16.6 Å². The van der Waals surface area contributed by atoms with E-state index in [1.54, 1.807) is 37.7 Å². The van der Waals surface area contributed by atoms with Crippen molar-refractivity contribution in [1.29, 1.82) is 0 Å². The van der Waals surface area contributed by atoms with E-state index in [1.165, 1.54) is 12.1 Å². The number of phenols is 1. The summed E-state index contributed by atoms with van der Waals surface area (Å²) in [6.45, 7) is 0.245. The molecule has 148 valence electrons. The van der Waals surface area contributed by atoms with E-state index in [1.807, 2.05) is 18.2 Å². The van der Waals surface area contributed by atoms with Gasteiger partial charge in [-0.15, -0.1) is 0 Å². The topological polar surface area (TPSA) is 97.3 Å². The molecule has 0 amide bonds. The summed E-state index contributed by atoms with van der Waals surface area (Å²) < 4.78 is 23.7. The summed E-state index contributed by atoms with van der Waals surface area (Å²) >= 11 is 0. The molecule has 0 spiro atoms. The number of hydrogen-bond donors (Lipinski definition) is 2. The lowest BCUT2D eigenvalue weighted by Crippen LogP contribution is -2.09. The number of benzene rings is 2. The van der Waals surface area contributed by atoms with Gasteiger partial charge in [0.1, 0.15) is 29.7 Å². The number of nitrogens with zero attached hydrogens (tertiary/aromatic N) is 2. The molecule has 0 aliphatic rings. The predicted molar refractivity (Wildman–Crippen MR) is 111 cm³/mol. The van der Waals surface area contributed by atoms with Crippen LogP contribution in [0.1, 0.15) is 0 Å². The molecule has 1 unspecified atom stereocenters. The second kappa shape index (κ2) is 8.32. The number of ether oxygens (including phenoxy) is 2. The van der Waals surface area contributed by atoms with Gasteiger partial charge < -0.3 is 19.6 Å². The van der Waals surface area contributed by atoms with Crippen LogP contribution in [0.15, 0.2) is 65.8 Å². The highest BCUT2D eigenvalue weighted by Gasteiger charge is 2.13. The van der Waals surface area contributed by atoms with Crippen molar-refractivity contribution in [3.8, 4) is 28.6 Å². The molecule has 2 aromatic heterocycles. The van der Waals surface area contributed by atoms with E-state index in [0.29, 0.717) is 28.0 Å². The summed E-state index contributed by atoms with van der Waals surface area (Å²) in [4.78, 5) is 12.6. The van der Waals surface area contributed by atoms with E-state index in [4.69, 9.17) is 9.47 Å². The predicted octanol–water partition coefficient (Wildman–Crippen LogP) is 3.53. The fourth-order valence-corrected chi connectivity index (χ4v) is 3.78. The number of hydrogen-bond acceptors (Lipinski definition) is 6. The average molecular weight is 409 g/mol. The molecule has 2 heterocycles. The van der Waals surface area contributed by atoms with Gasteiger partial charge in [-0.25, -0.2) is 4.98 Å². The molecule has 1 atom stereocenters. The second-order valence-corrected chi connectivity index (χ2v) is 7.80. The van der Waals surface area contributed by atoms with Gasteiger partial charge in [0.2, 0.25) is 0 Å². The maximum atomic E-state index is 12.4. The van der Waals surface area contributed by atoms with Gasteiger partial charge in [0.05, 0.1) is 46.5 Å². The van der Waals surface area contributed by atoms with Crippen LogP contribution in [0.3, 0.4) is 0 Å². The highest BCUT2D eigenvalue weighted by Crippen LogP contribution is 2.33. The van der Waals surface area contributed by atoms with Gasteiger partial charge in [0.15, 0.2) is 0 Å². The first-order valence-electron chi connectivity index (χ1n) is 8.92. The number of rotatable bonds is 7. The zero-order valence-corrected chi connectivity index (χ0v) is 16.5. The number of H-pyrrole nitrogens is 1. The Morgan fingerprint density at radius 1 is 1.14 bits per heavy atom. The van der Waals surface area contributed by atoms with Gasteiger partial charge in [0.25, 0.3) is 0 Å². The fraction of sp³-hybridized carbons (Fsp3) is 0.143. The lowest BCUT2D eigenvalue weighted by Gasteiger charge is -2.12. The van der Waals surface area contributed by atoms with Crippen LogP contribution < -0.4 is 9.47 Å². The van der Waals surface area contributed by atoms with E-state index < -0.39 is 10.8 Å². The van der Waals surface area contributed by atoms with Crippen molar-refractivity contribution >= 4 is 21.8 Å². The molecule has 0 aliphatic carbocycles. The molecule has 0 fully saturated rings. The lowest BCUT2D eigenvalue weighted by molar-refractivity contribution is 0.339. The van der Waals surface area contributed by atoms with Crippen LogP contribution in [0.5, 0.6) is 17.2 Å². The van der Waals surface area contributed by atoms with Crippen molar-refractivity contribution in [2.24, 2.45) is 0 Å². The molecule has 0 bridgehead atoms. The maximum Gasteiger partial charge on any atom is 0.142 e. The molecule has 0 radical (unpaired) electrons. The van der Waals surface area contributed by atoms with Gasteiger partial charge in [-0.05, 0) is 42.5 Å². The molecule has 8 heteroatoms. The lowest BCUT2D eigenvalue weighted by atomic mass is 10.2. The molecule has 2 aromatic carbocycles. The Kier molecular flexibility index (Phi) is 5.44. The quantitative estimate of drug-likeness (QED) is 0.485. The third kappa shape index (κ3) is 4.22. The van der Waals surface area contributed by atoms with Gasteiger partial charge in [-0.3, -0.25) is 9.19 Å². The second-order valence-electron chi connectivity index (χ2n) is 6.23. The number of phenolic OH excluding ortho intramolecular Hbond substituents is 1. The zero-order chi connectivity index (χ0) is 20.2. The Labute approximate surface area is 169 Å². The monoisotopic (exact) mass is 409 g/mol. The normalized spacial score (nSPS) is 12.0. The molecule has 0 aliphatic heterocycles. The summed E-state index contributed by atoms with van der Waals surface area (Å²) in [6.07, 6.45) is 3.41. The Bertz CT molecular complexity index is 1130. The number of nitrogens with one attached hydrogen (secondary N) is 1. The molecule has 0 saturated heterocycles. The third-order valence-electron chi connectivity index (χ3n) is 4.35. The molecular weight excluding hydrogens is 390 g/mol. The minimum absolute atomic E-state index is 0.143. The van der Waals surface area contributed by atoms with E-state index in [-0.39, 0.29) is 12.4 Å². The van der Waals surface area contributed by atoms with Crippen LogP contribution in [0.2, 0.25) is 0 Å². The van der Waals surface area contributed by atoms with E-state index >= 15 is 0 Å². The Balaban J connectivity index is 1.54. The maximum absolute atomic E-state index is 12.4. The third-order valence-corrected chi connectivity index (χ3v) is 5.69. The first kappa shape index (κ1) is 18.9. The smallest absolute Gasteiger partial charge is 0.142 e. The summed E-state index contributed by atoms with van der Waals surface area (Å²) in [6, 6.07) is 13.6. The molecule has 2 N–H and O–H groups in total. The SMILES string of the molecule is COc1ccc(-c2nc3ccncc3[nH]2)c(OCCS(=O)c2ccc(O)cc2)c1. The summed E-state index contributed by atoms with van der Waals surface area (Å²) in [5, 5.41) is 9.36. The van der Waals surface area contributed by atoms with Crippen LogP contribution in [-0.4, -0.2) is 43.7 Å². The molecule has 4 aromatic rings. The summed E-state index contributed by atoms with van der Waals surface area (Å²) in [5.74, 6) is 2.35. The Morgan fingerprint density at radius 3 is 2.72 bits per heavy atom. The van der Waals surface area contributed by atoms with Crippen LogP contribution in [-0.2, 0) is 10.8 Å². The first-order chi connectivity index (χ1) is 14.1. The Hall–Kier alpha value is -3.39. The highest BCUT2D eigenvalue weighted by atomic mass is 32.2. The van der Waals surface area contributed by atoms with Gasteiger partial charge in [-0.1, -0.05) is 0 Å². The summed E-state index contributed by atoms with van der Waals surface area (Å²) in [7, 11) is 0.354. The molecule has 7 nitrogen and oxygen atoms in total. The number of aromatic amines is 1. The number of imidazole rings is 1. The van der Waals surface area contributed by atoms with Crippen molar-refractivity contribution in [2.75, 3.05) is 19.5 Å². The van der Waals surface area contributed by atoms with Crippen LogP contribution in [0.4, 0.5) is 0 Å². The van der Waals surface area contributed by atoms with E-state index in [9.17, 15) is 9.32 Å². The minimum Gasteiger partial charge on any atom is -0.508 e. The molecule has 4 rings (SSSR count). The fourth-order valence-electron chi connectivity index (χ4n) is 2.87. The summed E-state index contributed by atoms with van der Waals surface area (Å²) in [5.41, 5.74) is 2.42. The van der Waals surface area contributed by atoms with Gasteiger partial charge >= 0.3 is 0 Å². The average Bonchev–Trinajstić information content (AvgIpc) is 3.18. The largest absolute Gasteiger partial charge is 0.508 e. The highest BCUT2D eigenvalue weighted by molar-refractivity contribution is 7.85. The van der Waals surface area contributed by atoms with Crippen molar-refractivity contribution < 1.29 is 18.8 Å². The van der Waals surface area contributed by atoms with Crippen molar-refractivity contribution in [1.82, 2.24) is 15.0 Å². The molecule has 0 saturated carbocycles. The van der Waals surface area contributed by atoms with Gasteiger partial charge in [0, 0.05) is 17.2 Å². The minimum atomic E-state index is -1.24. The number of aromatic hydroxyl groups is 1. The zero-order valence-electron chi connectivity index (χ0n) is 15.7. The standard InChI is InChI=1S/C21H19N3O4S/c1-27-15-4-7-17(21-23-18-8-9-22-13-19(18)24-21)20(12-15)28-10-11-29(26)16-5-2-14(25)3-6-16/h2-9,12-13,25H,10-11H2,1H3,(H,23,24). The van der Waals surface area contributed by atoms with Crippen LogP contribution >= 0.6 is 0 Å². The van der Waals surface area contributed by atoms with E-state index in [2.05, 4.69) is 15.0 Å². The number of fused-ring (bicyclic) bond motifs is 1. The van der Waals surface area contributed by atoms with Gasteiger partial charge in [-0.2, -0.15) is 0 Å². The van der Waals surface area contributed by atoms with Crippen molar-refractivity contribution in [3.63, 3.8) is 0 Å². The Morgan fingerprint density at radius 2 is 1.97 bits per heavy atom. The van der Waals surface area contributed by atoms with Crippen molar-refractivity contribution in [2.45, 2.75) is 4.90 Å². The molecule has 29 heavy (non-hydrogen) atoms. The van der Waals surface area contributed by atoms with Crippen LogP contribution in [0, 0.1) is 0 Å². The number of methoxy groups -OCH3 is 1. The number of pyridine rings is 1. The molecular formula is C21H19N3O4S. The number of aromatic nitrogens is 3. The first-order valence-corrected chi connectivity index (χ1v) is 10.2.